The van der Waals surface area contributed by atoms with Gasteiger partial charge in [0.2, 0.25) is 5.91 Å². The number of carbonyl (C=O) groups is 1. The predicted molar refractivity (Wildman–Crippen MR) is 69.1 cm³/mol. The van der Waals surface area contributed by atoms with Crippen molar-refractivity contribution in [2.45, 2.75) is 25.9 Å². The Hall–Kier alpha value is -1.06. The van der Waals surface area contributed by atoms with Gasteiger partial charge in [0.15, 0.2) is 0 Å². The molecule has 0 atom stereocenters. The normalized spacial score (nSPS) is 11.4. The van der Waals surface area contributed by atoms with Gasteiger partial charge in [0, 0.05) is 18.6 Å². The molecule has 1 N–H and O–H groups in total. The molecule has 0 heterocycles. The zero-order valence-electron chi connectivity index (χ0n) is 10.4. The van der Waals surface area contributed by atoms with Crippen LogP contribution in [-0.4, -0.2) is 35.1 Å². The highest BCUT2D eigenvalue weighted by Crippen LogP contribution is 2.11. The summed E-state index contributed by atoms with van der Waals surface area (Å²) in [5, 5.41) is 10.3. The van der Waals surface area contributed by atoms with Gasteiger partial charge in [-0.1, -0.05) is 23.7 Å². The molecular formula is C13H18ClNO2. The first-order valence-electron chi connectivity index (χ1n) is 5.49. The fourth-order valence-corrected chi connectivity index (χ4v) is 1.71. The number of amides is 1. The lowest BCUT2D eigenvalue weighted by molar-refractivity contribution is -0.131. The maximum absolute atomic E-state index is 11.9. The van der Waals surface area contributed by atoms with Crippen molar-refractivity contribution in [2.24, 2.45) is 0 Å². The summed E-state index contributed by atoms with van der Waals surface area (Å²) < 4.78 is 0. The third kappa shape index (κ3) is 5.20. The van der Waals surface area contributed by atoms with Gasteiger partial charge in [-0.2, -0.15) is 0 Å². The molecule has 1 amide bonds. The molecule has 3 nitrogen and oxygen atoms in total. The summed E-state index contributed by atoms with van der Waals surface area (Å²) in [4.78, 5) is 13.4. The van der Waals surface area contributed by atoms with Gasteiger partial charge in [-0.3, -0.25) is 4.79 Å². The second-order valence-electron chi connectivity index (χ2n) is 4.87. The molecule has 0 aliphatic carbocycles. The Labute approximate surface area is 107 Å². The summed E-state index contributed by atoms with van der Waals surface area (Å²) in [7, 11) is 1.69. The van der Waals surface area contributed by atoms with Crippen LogP contribution in [0.4, 0.5) is 0 Å². The van der Waals surface area contributed by atoms with Crippen LogP contribution in [0.1, 0.15) is 19.4 Å². The third-order valence-electron chi connectivity index (χ3n) is 2.32. The SMILES string of the molecule is CN(CC(C)(C)O)C(=O)Cc1ccc(Cl)cc1. The van der Waals surface area contributed by atoms with E-state index in [1.807, 2.05) is 12.1 Å². The summed E-state index contributed by atoms with van der Waals surface area (Å²) in [5.41, 5.74) is 0.0479. The molecule has 94 valence electrons. The fraction of sp³-hybridized carbons (Fsp3) is 0.462. The third-order valence-corrected chi connectivity index (χ3v) is 2.57. The molecule has 0 bridgehead atoms. The van der Waals surface area contributed by atoms with E-state index < -0.39 is 5.60 Å². The molecule has 1 rings (SSSR count). The van der Waals surface area contributed by atoms with E-state index in [1.165, 1.54) is 4.90 Å². The van der Waals surface area contributed by atoms with Crippen LogP contribution in [0.3, 0.4) is 0 Å². The average molecular weight is 256 g/mol. The van der Waals surface area contributed by atoms with Gasteiger partial charge in [-0.05, 0) is 31.5 Å². The Kier molecular flexibility index (Phi) is 4.54. The van der Waals surface area contributed by atoms with Gasteiger partial charge in [0.05, 0.1) is 12.0 Å². The molecular weight excluding hydrogens is 238 g/mol. The molecule has 0 aromatic heterocycles. The maximum atomic E-state index is 11.9. The minimum absolute atomic E-state index is 0.0190. The van der Waals surface area contributed by atoms with Gasteiger partial charge in [0.1, 0.15) is 0 Å². The lowest BCUT2D eigenvalue weighted by Gasteiger charge is -2.25. The molecule has 1 aromatic carbocycles. The summed E-state index contributed by atoms with van der Waals surface area (Å²) in [5.74, 6) is -0.0190. The van der Waals surface area contributed by atoms with Crippen molar-refractivity contribution < 1.29 is 9.90 Å². The summed E-state index contributed by atoms with van der Waals surface area (Å²) in [6.45, 7) is 3.68. The maximum Gasteiger partial charge on any atom is 0.226 e. The number of likely N-dealkylation sites (N-methyl/N-ethyl adjacent to an activating group) is 1. The largest absolute Gasteiger partial charge is 0.389 e. The van der Waals surface area contributed by atoms with E-state index in [4.69, 9.17) is 11.6 Å². The van der Waals surface area contributed by atoms with Crippen molar-refractivity contribution in [3.05, 3.63) is 34.9 Å². The first-order valence-corrected chi connectivity index (χ1v) is 5.86. The van der Waals surface area contributed by atoms with Crippen LogP contribution >= 0.6 is 11.6 Å². The van der Waals surface area contributed by atoms with Crippen molar-refractivity contribution in [3.63, 3.8) is 0 Å². The zero-order valence-corrected chi connectivity index (χ0v) is 11.2. The van der Waals surface area contributed by atoms with Gasteiger partial charge >= 0.3 is 0 Å². The van der Waals surface area contributed by atoms with Crippen molar-refractivity contribution in [1.82, 2.24) is 4.90 Å². The van der Waals surface area contributed by atoms with Crippen molar-refractivity contribution in [3.8, 4) is 0 Å². The highest BCUT2D eigenvalue weighted by molar-refractivity contribution is 6.30. The highest BCUT2D eigenvalue weighted by atomic mass is 35.5. The molecule has 0 saturated heterocycles. The molecule has 0 aliphatic rings. The molecule has 0 spiro atoms. The molecule has 0 fully saturated rings. The number of benzene rings is 1. The van der Waals surface area contributed by atoms with E-state index >= 15 is 0 Å². The van der Waals surface area contributed by atoms with E-state index in [2.05, 4.69) is 0 Å². The minimum Gasteiger partial charge on any atom is -0.389 e. The van der Waals surface area contributed by atoms with Crippen LogP contribution in [0, 0.1) is 0 Å². The van der Waals surface area contributed by atoms with E-state index in [0.29, 0.717) is 18.0 Å². The molecule has 1 aromatic rings. The van der Waals surface area contributed by atoms with Crippen molar-refractivity contribution in [1.29, 1.82) is 0 Å². The van der Waals surface area contributed by atoms with E-state index in [-0.39, 0.29) is 5.91 Å². The smallest absolute Gasteiger partial charge is 0.226 e. The molecule has 0 aliphatic heterocycles. The first kappa shape index (κ1) is 14.0. The zero-order chi connectivity index (χ0) is 13.1. The molecule has 17 heavy (non-hydrogen) atoms. The Morgan fingerprint density at radius 2 is 1.88 bits per heavy atom. The Bertz CT molecular complexity index is 381. The molecule has 0 radical (unpaired) electrons. The fourth-order valence-electron chi connectivity index (χ4n) is 1.58. The number of halogens is 1. The number of rotatable bonds is 4. The number of hydrogen-bond donors (Lipinski definition) is 1. The number of nitrogens with zero attached hydrogens (tertiary/aromatic N) is 1. The second-order valence-corrected chi connectivity index (χ2v) is 5.30. The average Bonchev–Trinajstić information content (AvgIpc) is 2.19. The number of carbonyl (C=O) groups excluding carboxylic acids is 1. The van der Waals surface area contributed by atoms with Crippen LogP contribution in [0.25, 0.3) is 0 Å². The van der Waals surface area contributed by atoms with E-state index in [9.17, 15) is 9.90 Å². The summed E-state index contributed by atoms with van der Waals surface area (Å²) in [6.07, 6.45) is 0.323. The Balaban J connectivity index is 2.57. The number of aliphatic hydroxyl groups is 1. The summed E-state index contributed by atoms with van der Waals surface area (Å²) in [6, 6.07) is 7.19. The van der Waals surface area contributed by atoms with Crippen molar-refractivity contribution >= 4 is 17.5 Å². The molecule has 4 heteroatoms. The van der Waals surface area contributed by atoms with E-state index in [1.54, 1.807) is 33.0 Å². The lowest BCUT2D eigenvalue weighted by atomic mass is 10.1. The monoisotopic (exact) mass is 255 g/mol. The lowest BCUT2D eigenvalue weighted by Crippen LogP contribution is -2.40. The van der Waals surface area contributed by atoms with Gasteiger partial charge in [-0.15, -0.1) is 0 Å². The van der Waals surface area contributed by atoms with Crippen LogP contribution in [0.15, 0.2) is 24.3 Å². The number of hydrogen-bond acceptors (Lipinski definition) is 2. The summed E-state index contributed by atoms with van der Waals surface area (Å²) >= 11 is 5.77. The molecule has 0 unspecified atom stereocenters. The first-order chi connectivity index (χ1) is 7.78. The predicted octanol–water partition coefficient (Wildman–Crippen LogP) is 2.11. The second kappa shape index (κ2) is 5.52. The Morgan fingerprint density at radius 1 is 1.35 bits per heavy atom. The Morgan fingerprint density at radius 3 is 2.35 bits per heavy atom. The van der Waals surface area contributed by atoms with Crippen LogP contribution in [0.2, 0.25) is 5.02 Å². The van der Waals surface area contributed by atoms with Gasteiger partial charge in [0.25, 0.3) is 0 Å². The van der Waals surface area contributed by atoms with Gasteiger partial charge < -0.3 is 10.0 Å². The van der Waals surface area contributed by atoms with Crippen LogP contribution in [0.5, 0.6) is 0 Å². The van der Waals surface area contributed by atoms with E-state index in [0.717, 1.165) is 5.56 Å². The topological polar surface area (TPSA) is 40.5 Å². The molecule has 0 saturated carbocycles. The van der Waals surface area contributed by atoms with Gasteiger partial charge in [-0.25, -0.2) is 0 Å². The standard InChI is InChI=1S/C13H18ClNO2/c1-13(2,17)9-15(3)12(16)8-10-4-6-11(14)7-5-10/h4-7,17H,8-9H2,1-3H3. The minimum atomic E-state index is -0.871. The van der Waals surface area contributed by atoms with Crippen LogP contribution < -0.4 is 0 Å². The highest BCUT2D eigenvalue weighted by Gasteiger charge is 2.19. The quantitative estimate of drug-likeness (QED) is 0.895. The van der Waals surface area contributed by atoms with Crippen LogP contribution in [-0.2, 0) is 11.2 Å². The van der Waals surface area contributed by atoms with Crippen molar-refractivity contribution in [2.75, 3.05) is 13.6 Å².